The zero-order chi connectivity index (χ0) is 13.0. The highest BCUT2D eigenvalue weighted by Gasteiger charge is 2.27. The lowest BCUT2D eigenvalue weighted by atomic mass is 10.1. The molecule has 96 valence electrons. The second-order valence-electron chi connectivity index (χ2n) is 4.63. The number of pyridine rings is 1. The Morgan fingerprint density at radius 3 is 3.00 bits per heavy atom. The van der Waals surface area contributed by atoms with Crippen molar-refractivity contribution in [1.29, 1.82) is 0 Å². The molecular formula is C13H16N2O3. The van der Waals surface area contributed by atoms with Crippen molar-refractivity contribution in [2.45, 2.75) is 19.3 Å². The van der Waals surface area contributed by atoms with Crippen molar-refractivity contribution in [3.05, 3.63) is 30.1 Å². The Balaban J connectivity index is 1.86. The van der Waals surface area contributed by atoms with Crippen LogP contribution in [0.4, 0.5) is 0 Å². The molecule has 1 unspecified atom stereocenters. The molecule has 1 saturated heterocycles. The standard InChI is InChI=1S/C13H16N2O3/c16-12(6-10-2-1-4-14-8-10)15-5-3-11(9-15)7-13(17)18/h1-2,4,8,11H,3,5-7,9H2,(H,17,18). The van der Waals surface area contributed by atoms with E-state index in [4.69, 9.17) is 5.11 Å². The molecule has 18 heavy (non-hydrogen) atoms. The van der Waals surface area contributed by atoms with Crippen LogP contribution < -0.4 is 0 Å². The fourth-order valence-corrected chi connectivity index (χ4v) is 2.26. The van der Waals surface area contributed by atoms with Crippen molar-refractivity contribution in [2.24, 2.45) is 5.92 Å². The molecule has 1 amide bonds. The van der Waals surface area contributed by atoms with Gasteiger partial charge in [-0.1, -0.05) is 6.07 Å². The number of aliphatic carboxylic acids is 1. The van der Waals surface area contributed by atoms with Gasteiger partial charge in [0.1, 0.15) is 0 Å². The number of hydrogen-bond acceptors (Lipinski definition) is 3. The minimum atomic E-state index is -0.790. The van der Waals surface area contributed by atoms with Crippen molar-refractivity contribution in [2.75, 3.05) is 13.1 Å². The average molecular weight is 248 g/mol. The van der Waals surface area contributed by atoms with Crippen LogP contribution in [-0.4, -0.2) is 40.0 Å². The smallest absolute Gasteiger partial charge is 0.303 e. The summed E-state index contributed by atoms with van der Waals surface area (Å²) in [5.41, 5.74) is 0.893. The summed E-state index contributed by atoms with van der Waals surface area (Å²) < 4.78 is 0. The molecule has 5 nitrogen and oxygen atoms in total. The van der Waals surface area contributed by atoms with E-state index < -0.39 is 5.97 Å². The normalized spacial score (nSPS) is 18.9. The minimum Gasteiger partial charge on any atom is -0.481 e. The lowest BCUT2D eigenvalue weighted by Crippen LogP contribution is -2.30. The molecule has 5 heteroatoms. The van der Waals surface area contributed by atoms with E-state index in [0.717, 1.165) is 12.0 Å². The lowest BCUT2D eigenvalue weighted by Gasteiger charge is -2.16. The van der Waals surface area contributed by atoms with E-state index >= 15 is 0 Å². The number of aromatic nitrogens is 1. The molecular weight excluding hydrogens is 232 g/mol. The molecule has 1 aliphatic rings. The highest BCUT2D eigenvalue weighted by Crippen LogP contribution is 2.20. The Kier molecular flexibility index (Phi) is 3.92. The van der Waals surface area contributed by atoms with Gasteiger partial charge in [-0.15, -0.1) is 0 Å². The largest absolute Gasteiger partial charge is 0.481 e. The van der Waals surface area contributed by atoms with Gasteiger partial charge in [0.15, 0.2) is 0 Å². The summed E-state index contributed by atoms with van der Waals surface area (Å²) >= 11 is 0. The number of carbonyl (C=O) groups is 2. The minimum absolute atomic E-state index is 0.0517. The van der Waals surface area contributed by atoms with Crippen LogP contribution in [0.25, 0.3) is 0 Å². The van der Waals surface area contributed by atoms with E-state index in [2.05, 4.69) is 4.98 Å². The molecule has 1 aromatic rings. The zero-order valence-corrected chi connectivity index (χ0v) is 10.1. The van der Waals surface area contributed by atoms with Crippen LogP contribution >= 0.6 is 0 Å². The molecule has 0 aliphatic carbocycles. The lowest BCUT2D eigenvalue weighted by molar-refractivity contribution is -0.138. The summed E-state index contributed by atoms with van der Waals surface area (Å²) in [6, 6.07) is 3.68. The maximum atomic E-state index is 12.0. The van der Waals surface area contributed by atoms with Crippen LogP contribution in [0, 0.1) is 5.92 Å². The summed E-state index contributed by atoms with van der Waals surface area (Å²) in [6.45, 7) is 1.22. The topological polar surface area (TPSA) is 70.5 Å². The van der Waals surface area contributed by atoms with Crippen LogP contribution in [0.5, 0.6) is 0 Å². The van der Waals surface area contributed by atoms with Gasteiger partial charge in [-0.25, -0.2) is 0 Å². The molecule has 1 atom stereocenters. The number of amides is 1. The van der Waals surface area contributed by atoms with Crippen molar-refractivity contribution in [3.8, 4) is 0 Å². The quantitative estimate of drug-likeness (QED) is 0.861. The molecule has 2 rings (SSSR count). The van der Waals surface area contributed by atoms with Gasteiger partial charge in [0.25, 0.3) is 0 Å². The van der Waals surface area contributed by atoms with Crippen LogP contribution in [0.1, 0.15) is 18.4 Å². The molecule has 1 fully saturated rings. The predicted molar refractivity (Wildman–Crippen MR) is 64.9 cm³/mol. The Morgan fingerprint density at radius 2 is 2.33 bits per heavy atom. The van der Waals surface area contributed by atoms with Crippen molar-refractivity contribution < 1.29 is 14.7 Å². The number of hydrogen-bond donors (Lipinski definition) is 1. The van der Waals surface area contributed by atoms with E-state index in [9.17, 15) is 9.59 Å². The van der Waals surface area contributed by atoms with Crippen molar-refractivity contribution in [1.82, 2.24) is 9.88 Å². The SMILES string of the molecule is O=C(O)CC1CCN(C(=O)Cc2cccnc2)C1. The molecule has 2 heterocycles. The third-order valence-corrected chi connectivity index (χ3v) is 3.18. The van der Waals surface area contributed by atoms with E-state index in [1.54, 1.807) is 23.4 Å². The summed E-state index contributed by atoms with van der Waals surface area (Å²) in [7, 11) is 0. The molecule has 0 spiro atoms. The van der Waals surface area contributed by atoms with Gasteiger partial charge < -0.3 is 10.0 Å². The fourth-order valence-electron chi connectivity index (χ4n) is 2.26. The third-order valence-electron chi connectivity index (χ3n) is 3.18. The number of carboxylic acids is 1. The summed E-state index contributed by atoms with van der Waals surface area (Å²) in [6.07, 6.45) is 4.63. The fraction of sp³-hybridized carbons (Fsp3) is 0.462. The van der Waals surface area contributed by atoms with E-state index in [1.165, 1.54) is 0 Å². The maximum Gasteiger partial charge on any atom is 0.303 e. The molecule has 0 bridgehead atoms. The van der Waals surface area contributed by atoms with Crippen LogP contribution in [0.2, 0.25) is 0 Å². The van der Waals surface area contributed by atoms with Gasteiger partial charge in [-0.2, -0.15) is 0 Å². The number of carbonyl (C=O) groups excluding carboxylic acids is 1. The number of nitrogens with zero attached hydrogens (tertiary/aromatic N) is 2. The first-order valence-electron chi connectivity index (χ1n) is 6.03. The van der Waals surface area contributed by atoms with Gasteiger partial charge in [0, 0.05) is 31.9 Å². The van der Waals surface area contributed by atoms with Crippen LogP contribution in [0.15, 0.2) is 24.5 Å². The summed E-state index contributed by atoms with van der Waals surface area (Å²) in [5, 5.41) is 8.72. The molecule has 1 aliphatic heterocycles. The van der Waals surface area contributed by atoms with Gasteiger partial charge >= 0.3 is 5.97 Å². The van der Waals surface area contributed by atoms with E-state index in [-0.39, 0.29) is 18.2 Å². The molecule has 0 aromatic carbocycles. The maximum absolute atomic E-state index is 12.0. The highest BCUT2D eigenvalue weighted by atomic mass is 16.4. The Hall–Kier alpha value is -1.91. The van der Waals surface area contributed by atoms with E-state index in [0.29, 0.717) is 19.5 Å². The van der Waals surface area contributed by atoms with Gasteiger partial charge in [-0.3, -0.25) is 14.6 Å². The van der Waals surface area contributed by atoms with Gasteiger partial charge in [0.05, 0.1) is 6.42 Å². The number of likely N-dealkylation sites (tertiary alicyclic amines) is 1. The Morgan fingerprint density at radius 1 is 1.50 bits per heavy atom. The monoisotopic (exact) mass is 248 g/mol. The number of carboxylic acid groups (broad SMARTS) is 1. The average Bonchev–Trinajstić information content (AvgIpc) is 2.78. The van der Waals surface area contributed by atoms with Gasteiger partial charge in [0.2, 0.25) is 5.91 Å². The summed E-state index contributed by atoms with van der Waals surface area (Å²) in [5.74, 6) is -0.641. The predicted octanol–water partition coefficient (Wildman–Crippen LogP) is 0.947. The second-order valence-corrected chi connectivity index (χ2v) is 4.63. The zero-order valence-electron chi connectivity index (χ0n) is 10.1. The molecule has 0 saturated carbocycles. The van der Waals surface area contributed by atoms with Gasteiger partial charge in [-0.05, 0) is 24.0 Å². The second kappa shape index (κ2) is 5.62. The highest BCUT2D eigenvalue weighted by molar-refractivity contribution is 5.79. The first-order valence-corrected chi connectivity index (χ1v) is 6.03. The summed E-state index contributed by atoms with van der Waals surface area (Å²) in [4.78, 5) is 28.3. The van der Waals surface area contributed by atoms with Crippen molar-refractivity contribution >= 4 is 11.9 Å². The third kappa shape index (κ3) is 3.29. The van der Waals surface area contributed by atoms with Crippen LogP contribution in [0.3, 0.4) is 0 Å². The molecule has 0 radical (unpaired) electrons. The Bertz CT molecular complexity index is 433. The molecule has 1 N–H and O–H groups in total. The van der Waals surface area contributed by atoms with E-state index in [1.807, 2.05) is 6.07 Å². The first kappa shape index (κ1) is 12.5. The first-order chi connectivity index (χ1) is 8.65. The number of rotatable bonds is 4. The van der Waals surface area contributed by atoms with Crippen LogP contribution in [-0.2, 0) is 16.0 Å². The van der Waals surface area contributed by atoms with Crippen molar-refractivity contribution in [3.63, 3.8) is 0 Å². The molecule has 1 aromatic heterocycles. The Labute approximate surface area is 105 Å².